The molecular weight excluding hydrogens is 152 g/mol. The van der Waals surface area contributed by atoms with Gasteiger partial charge in [-0.05, 0) is 32.3 Å². The van der Waals surface area contributed by atoms with Gasteiger partial charge in [-0.15, -0.1) is 0 Å². The molecule has 0 fully saturated rings. The number of allylic oxidation sites excluding steroid dienone is 2. The highest BCUT2D eigenvalue weighted by atomic mass is 16.3. The maximum absolute atomic E-state index is 9.58. The third-order valence-corrected chi connectivity index (χ3v) is 1.90. The standard InChI is InChI=1S/C10H18O2/c1-4-10(3,12)7-5-6-9(2)8-11/h5-6,8,11-12H,4,7H2,1-3H3. The molecule has 0 heterocycles. The lowest BCUT2D eigenvalue weighted by Crippen LogP contribution is -2.21. The molecule has 12 heavy (non-hydrogen) atoms. The molecule has 0 aliphatic carbocycles. The normalized spacial score (nSPS) is 18.2. The van der Waals surface area contributed by atoms with Gasteiger partial charge in [0.2, 0.25) is 0 Å². The van der Waals surface area contributed by atoms with Gasteiger partial charge in [0, 0.05) is 0 Å². The highest BCUT2D eigenvalue weighted by Gasteiger charge is 2.14. The van der Waals surface area contributed by atoms with E-state index < -0.39 is 5.60 Å². The van der Waals surface area contributed by atoms with Gasteiger partial charge in [-0.3, -0.25) is 0 Å². The van der Waals surface area contributed by atoms with Crippen LogP contribution < -0.4 is 0 Å². The van der Waals surface area contributed by atoms with E-state index in [-0.39, 0.29) is 0 Å². The fraction of sp³-hybridized carbons (Fsp3) is 0.600. The highest BCUT2D eigenvalue weighted by molar-refractivity contribution is 5.13. The van der Waals surface area contributed by atoms with E-state index in [0.29, 0.717) is 6.42 Å². The van der Waals surface area contributed by atoms with Crippen molar-refractivity contribution in [1.29, 1.82) is 0 Å². The first kappa shape index (κ1) is 11.2. The molecule has 0 saturated heterocycles. The van der Waals surface area contributed by atoms with Gasteiger partial charge in [0.25, 0.3) is 0 Å². The molecule has 2 N–H and O–H groups in total. The van der Waals surface area contributed by atoms with Crippen molar-refractivity contribution in [3.63, 3.8) is 0 Å². The highest BCUT2D eigenvalue weighted by Crippen LogP contribution is 2.14. The van der Waals surface area contributed by atoms with Crippen LogP contribution in [0.4, 0.5) is 0 Å². The van der Waals surface area contributed by atoms with Crippen LogP contribution in [0.3, 0.4) is 0 Å². The average molecular weight is 170 g/mol. The average Bonchev–Trinajstić information content (AvgIpc) is 2.04. The summed E-state index contributed by atoms with van der Waals surface area (Å²) in [5, 5.41) is 18.1. The van der Waals surface area contributed by atoms with Gasteiger partial charge < -0.3 is 10.2 Å². The Bertz CT molecular complexity index is 178. The summed E-state index contributed by atoms with van der Waals surface area (Å²) < 4.78 is 0. The van der Waals surface area contributed by atoms with Crippen LogP contribution in [0.25, 0.3) is 0 Å². The van der Waals surface area contributed by atoms with Gasteiger partial charge in [-0.25, -0.2) is 0 Å². The fourth-order valence-corrected chi connectivity index (χ4v) is 0.686. The van der Waals surface area contributed by atoms with Crippen molar-refractivity contribution in [3.8, 4) is 0 Å². The summed E-state index contributed by atoms with van der Waals surface area (Å²) in [4.78, 5) is 0. The molecule has 0 aliphatic rings. The van der Waals surface area contributed by atoms with Crippen LogP contribution in [0.2, 0.25) is 0 Å². The maximum Gasteiger partial charge on any atom is 0.0820 e. The van der Waals surface area contributed by atoms with E-state index in [1.54, 1.807) is 19.9 Å². The first-order valence-corrected chi connectivity index (χ1v) is 4.21. The molecule has 70 valence electrons. The zero-order valence-electron chi connectivity index (χ0n) is 8.04. The van der Waals surface area contributed by atoms with Gasteiger partial charge in [-0.1, -0.05) is 19.1 Å². The quantitative estimate of drug-likeness (QED) is 0.503. The van der Waals surface area contributed by atoms with Crippen LogP contribution in [-0.4, -0.2) is 15.8 Å². The Morgan fingerprint density at radius 2 is 2.08 bits per heavy atom. The van der Waals surface area contributed by atoms with E-state index >= 15 is 0 Å². The smallest absolute Gasteiger partial charge is 0.0820 e. The number of hydrogen-bond donors (Lipinski definition) is 2. The van der Waals surface area contributed by atoms with E-state index in [1.165, 1.54) is 0 Å². The summed E-state index contributed by atoms with van der Waals surface area (Å²) in [5.41, 5.74) is 0.175. The van der Waals surface area contributed by atoms with Gasteiger partial charge in [-0.2, -0.15) is 0 Å². The molecule has 0 saturated carbocycles. The van der Waals surface area contributed by atoms with E-state index in [4.69, 9.17) is 5.11 Å². The predicted molar refractivity (Wildman–Crippen MR) is 51.1 cm³/mol. The molecule has 1 unspecified atom stereocenters. The molecule has 0 rings (SSSR count). The second-order valence-electron chi connectivity index (χ2n) is 3.33. The molecule has 0 radical (unpaired) electrons. The SMILES string of the molecule is CCC(C)(O)CC=CC(C)=CO. The number of aliphatic hydroxyl groups is 2. The molecule has 1 atom stereocenters. The van der Waals surface area contributed by atoms with Crippen molar-refractivity contribution in [2.45, 2.75) is 39.2 Å². The van der Waals surface area contributed by atoms with Gasteiger partial charge in [0.15, 0.2) is 0 Å². The van der Waals surface area contributed by atoms with E-state index in [1.807, 2.05) is 13.0 Å². The Balaban J connectivity index is 3.90. The molecule has 0 aliphatic heterocycles. The third-order valence-electron chi connectivity index (χ3n) is 1.90. The Labute approximate surface area is 74.2 Å². The lowest BCUT2D eigenvalue weighted by Gasteiger charge is -2.18. The number of hydrogen-bond acceptors (Lipinski definition) is 2. The topological polar surface area (TPSA) is 40.5 Å². The van der Waals surface area contributed by atoms with Crippen molar-refractivity contribution >= 4 is 0 Å². The first-order chi connectivity index (χ1) is 5.52. The molecule has 0 aromatic rings. The summed E-state index contributed by atoms with van der Waals surface area (Å²) in [5.74, 6) is 0. The van der Waals surface area contributed by atoms with E-state index in [2.05, 4.69) is 0 Å². The predicted octanol–water partition coefficient (Wildman–Crippen LogP) is 2.56. The molecule has 0 amide bonds. The van der Waals surface area contributed by atoms with Crippen LogP contribution in [0.15, 0.2) is 24.0 Å². The minimum absolute atomic E-state index is 0.619. The van der Waals surface area contributed by atoms with Gasteiger partial charge in [0.1, 0.15) is 0 Å². The fourth-order valence-electron chi connectivity index (χ4n) is 0.686. The van der Waals surface area contributed by atoms with Crippen molar-refractivity contribution in [2.24, 2.45) is 0 Å². The Morgan fingerprint density at radius 1 is 1.50 bits per heavy atom. The molecule has 2 heteroatoms. The van der Waals surface area contributed by atoms with Crippen LogP contribution in [0.1, 0.15) is 33.6 Å². The van der Waals surface area contributed by atoms with Crippen molar-refractivity contribution in [2.75, 3.05) is 0 Å². The van der Waals surface area contributed by atoms with Crippen molar-refractivity contribution < 1.29 is 10.2 Å². The number of aliphatic hydroxyl groups excluding tert-OH is 1. The van der Waals surface area contributed by atoms with E-state index in [9.17, 15) is 5.11 Å². The summed E-state index contributed by atoms with van der Waals surface area (Å²) in [6.07, 6.45) is 6.07. The van der Waals surface area contributed by atoms with Gasteiger partial charge in [0.05, 0.1) is 11.9 Å². The van der Waals surface area contributed by atoms with Crippen LogP contribution >= 0.6 is 0 Å². The molecule has 0 aromatic heterocycles. The molecule has 0 bridgehead atoms. The Morgan fingerprint density at radius 3 is 2.50 bits per heavy atom. The Kier molecular flexibility index (Phi) is 4.67. The maximum atomic E-state index is 9.58. The molecular formula is C10H18O2. The zero-order valence-corrected chi connectivity index (χ0v) is 8.04. The second-order valence-corrected chi connectivity index (χ2v) is 3.33. The van der Waals surface area contributed by atoms with Crippen molar-refractivity contribution in [1.82, 2.24) is 0 Å². The first-order valence-electron chi connectivity index (χ1n) is 4.21. The van der Waals surface area contributed by atoms with Gasteiger partial charge >= 0.3 is 0 Å². The van der Waals surface area contributed by atoms with Crippen LogP contribution in [-0.2, 0) is 0 Å². The van der Waals surface area contributed by atoms with Crippen LogP contribution in [0, 0.1) is 0 Å². The van der Waals surface area contributed by atoms with Crippen molar-refractivity contribution in [3.05, 3.63) is 24.0 Å². The zero-order chi connectivity index (χ0) is 9.61. The molecule has 0 spiro atoms. The Hall–Kier alpha value is -0.760. The summed E-state index contributed by atoms with van der Waals surface area (Å²) >= 11 is 0. The minimum Gasteiger partial charge on any atom is -0.515 e. The molecule has 0 aromatic carbocycles. The van der Waals surface area contributed by atoms with E-state index in [0.717, 1.165) is 18.3 Å². The summed E-state index contributed by atoms with van der Waals surface area (Å²) in [6, 6.07) is 0. The lowest BCUT2D eigenvalue weighted by molar-refractivity contribution is 0.0592. The molecule has 2 nitrogen and oxygen atoms in total. The third kappa shape index (κ3) is 4.97. The largest absolute Gasteiger partial charge is 0.515 e. The monoisotopic (exact) mass is 170 g/mol. The summed E-state index contributed by atoms with van der Waals surface area (Å²) in [7, 11) is 0. The minimum atomic E-state index is -0.619. The second kappa shape index (κ2) is 4.99. The summed E-state index contributed by atoms with van der Waals surface area (Å²) in [6.45, 7) is 5.55. The van der Waals surface area contributed by atoms with Crippen LogP contribution in [0.5, 0.6) is 0 Å². The number of rotatable bonds is 4. The lowest BCUT2D eigenvalue weighted by atomic mass is 9.99.